The van der Waals surface area contributed by atoms with Crippen LogP contribution in [0.15, 0.2) is 24.3 Å². The molecule has 1 aromatic rings. The predicted octanol–water partition coefficient (Wildman–Crippen LogP) is 2.69. The molecular formula is C17H21NO5. The van der Waals surface area contributed by atoms with Gasteiger partial charge in [-0.05, 0) is 31.9 Å². The third-order valence-electron chi connectivity index (χ3n) is 4.10. The fraction of sp³-hybridized carbons (Fsp3) is 0.471. The van der Waals surface area contributed by atoms with Gasteiger partial charge in [0.2, 0.25) is 5.91 Å². The zero-order valence-corrected chi connectivity index (χ0v) is 13.1. The van der Waals surface area contributed by atoms with E-state index in [9.17, 15) is 19.5 Å². The number of carboxylic acid groups (broad SMARTS) is 1. The standard InChI is InChI=1S/C17H21NO5/c1-2-23-17(22)13-9-5-6-10-14(13)18-15(19)11-7-3-4-8-12(11)16(20)21/h5-6,9-12H,2-4,7-8H2,1H3,(H,18,19)(H,20,21)/t11-,12+/m1/s1. The maximum absolute atomic E-state index is 12.5. The van der Waals surface area contributed by atoms with Crippen molar-refractivity contribution in [2.45, 2.75) is 32.6 Å². The van der Waals surface area contributed by atoms with Gasteiger partial charge in [0.25, 0.3) is 0 Å². The second-order valence-corrected chi connectivity index (χ2v) is 5.59. The third-order valence-corrected chi connectivity index (χ3v) is 4.10. The first kappa shape index (κ1) is 17.0. The molecule has 2 N–H and O–H groups in total. The summed E-state index contributed by atoms with van der Waals surface area (Å²) in [5, 5.41) is 12.0. The SMILES string of the molecule is CCOC(=O)c1ccccc1NC(=O)[C@@H]1CCCC[C@@H]1C(=O)O. The molecule has 124 valence electrons. The number of carbonyl (C=O) groups excluding carboxylic acids is 2. The number of nitrogens with one attached hydrogen (secondary N) is 1. The second-order valence-electron chi connectivity index (χ2n) is 5.59. The Bertz CT molecular complexity index is 598. The second kappa shape index (κ2) is 7.76. The number of carboxylic acids is 1. The van der Waals surface area contributed by atoms with E-state index in [1.54, 1.807) is 31.2 Å². The van der Waals surface area contributed by atoms with Gasteiger partial charge in [0.1, 0.15) is 0 Å². The Morgan fingerprint density at radius 2 is 1.83 bits per heavy atom. The van der Waals surface area contributed by atoms with Crippen molar-refractivity contribution in [3.63, 3.8) is 0 Å². The van der Waals surface area contributed by atoms with Crippen LogP contribution < -0.4 is 5.32 Å². The number of hydrogen-bond donors (Lipinski definition) is 2. The Hall–Kier alpha value is -2.37. The fourth-order valence-corrected chi connectivity index (χ4v) is 2.94. The minimum Gasteiger partial charge on any atom is -0.481 e. The molecule has 0 unspecified atom stereocenters. The van der Waals surface area contributed by atoms with E-state index < -0.39 is 23.8 Å². The molecule has 1 saturated carbocycles. The van der Waals surface area contributed by atoms with Gasteiger partial charge in [-0.1, -0.05) is 25.0 Å². The Labute approximate surface area is 134 Å². The van der Waals surface area contributed by atoms with Crippen LogP contribution in [0, 0.1) is 11.8 Å². The summed E-state index contributed by atoms with van der Waals surface area (Å²) in [6.07, 6.45) is 2.71. The van der Waals surface area contributed by atoms with Gasteiger partial charge in [0, 0.05) is 0 Å². The summed E-state index contributed by atoms with van der Waals surface area (Å²) < 4.78 is 4.97. The van der Waals surface area contributed by atoms with Gasteiger partial charge in [-0.3, -0.25) is 9.59 Å². The smallest absolute Gasteiger partial charge is 0.340 e. The average Bonchev–Trinajstić information content (AvgIpc) is 2.55. The molecule has 6 nitrogen and oxygen atoms in total. The maximum atomic E-state index is 12.5. The third kappa shape index (κ3) is 4.09. The largest absolute Gasteiger partial charge is 0.481 e. The molecule has 23 heavy (non-hydrogen) atoms. The lowest BCUT2D eigenvalue weighted by molar-refractivity contribution is -0.147. The maximum Gasteiger partial charge on any atom is 0.340 e. The molecule has 0 spiro atoms. The number of amides is 1. The summed E-state index contributed by atoms with van der Waals surface area (Å²) in [7, 11) is 0. The Morgan fingerprint density at radius 3 is 2.48 bits per heavy atom. The predicted molar refractivity (Wildman–Crippen MR) is 84.1 cm³/mol. The van der Waals surface area contributed by atoms with Gasteiger partial charge >= 0.3 is 11.9 Å². The Balaban J connectivity index is 2.16. The lowest BCUT2D eigenvalue weighted by Gasteiger charge is -2.27. The van der Waals surface area contributed by atoms with Crippen molar-refractivity contribution in [2.24, 2.45) is 11.8 Å². The molecule has 1 fully saturated rings. The molecule has 0 aliphatic heterocycles. The molecule has 1 amide bonds. The number of anilines is 1. The van der Waals surface area contributed by atoms with Gasteiger partial charge in [0.15, 0.2) is 0 Å². The molecule has 0 saturated heterocycles. The summed E-state index contributed by atoms with van der Waals surface area (Å²) in [4.78, 5) is 35.7. The zero-order chi connectivity index (χ0) is 16.8. The highest BCUT2D eigenvalue weighted by Crippen LogP contribution is 2.31. The molecule has 0 bridgehead atoms. The zero-order valence-electron chi connectivity index (χ0n) is 13.1. The first-order valence-electron chi connectivity index (χ1n) is 7.84. The number of aliphatic carboxylic acids is 1. The molecule has 1 aliphatic carbocycles. The number of para-hydroxylation sites is 1. The van der Waals surface area contributed by atoms with Gasteiger partial charge in [-0.25, -0.2) is 4.79 Å². The molecule has 0 aromatic heterocycles. The Kier molecular flexibility index (Phi) is 5.73. The van der Waals surface area contributed by atoms with Crippen LogP contribution in [0.5, 0.6) is 0 Å². The number of rotatable bonds is 5. The highest BCUT2D eigenvalue weighted by molar-refractivity contribution is 6.02. The molecular weight excluding hydrogens is 298 g/mol. The topological polar surface area (TPSA) is 92.7 Å². The van der Waals surface area contributed by atoms with Crippen molar-refractivity contribution in [1.82, 2.24) is 0 Å². The van der Waals surface area contributed by atoms with Crippen LogP contribution in [-0.2, 0) is 14.3 Å². The van der Waals surface area contributed by atoms with E-state index in [4.69, 9.17) is 4.74 Å². The van der Waals surface area contributed by atoms with Crippen LogP contribution in [-0.4, -0.2) is 29.6 Å². The van der Waals surface area contributed by atoms with Crippen molar-refractivity contribution in [2.75, 3.05) is 11.9 Å². The van der Waals surface area contributed by atoms with E-state index in [1.165, 1.54) is 0 Å². The van der Waals surface area contributed by atoms with Gasteiger partial charge in [-0.15, -0.1) is 0 Å². The number of esters is 1. The molecule has 0 heterocycles. The van der Waals surface area contributed by atoms with Crippen LogP contribution in [0.25, 0.3) is 0 Å². The molecule has 2 atom stereocenters. The summed E-state index contributed by atoms with van der Waals surface area (Å²) in [6.45, 7) is 1.95. The quantitative estimate of drug-likeness (QED) is 0.814. The van der Waals surface area contributed by atoms with Crippen LogP contribution >= 0.6 is 0 Å². The van der Waals surface area contributed by atoms with E-state index in [2.05, 4.69) is 5.32 Å². The number of hydrogen-bond acceptors (Lipinski definition) is 4. The van der Waals surface area contributed by atoms with Crippen molar-refractivity contribution in [3.05, 3.63) is 29.8 Å². The number of benzene rings is 1. The summed E-state index contributed by atoms with van der Waals surface area (Å²) in [5.41, 5.74) is 0.621. The molecule has 0 radical (unpaired) electrons. The van der Waals surface area contributed by atoms with Crippen LogP contribution in [0.1, 0.15) is 43.0 Å². The van der Waals surface area contributed by atoms with Gasteiger partial charge < -0.3 is 15.2 Å². The number of ether oxygens (including phenoxy) is 1. The van der Waals surface area contributed by atoms with Crippen LogP contribution in [0.4, 0.5) is 5.69 Å². The summed E-state index contributed by atoms with van der Waals surface area (Å²) >= 11 is 0. The van der Waals surface area contributed by atoms with Crippen LogP contribution in [0.3, 0.4) is 0 Å². The van der Waals surface area contributed by atoms with Crippen molar-refractivity contribution >= 4 is 23.5 Å². The summed E-state index contributed by atoms with van der Waals surface area (Å²) in [6, 6.07) is 6.57. The van der Waals surface area contributed by atoms with Crippen LogP contribution in [0.2, 0.25) is 0 Å². The van der Waals surface area contributed by atoms with Crippen molar-refractivity contribution in [3.8, 4) is 0 Å². The van der Waals surface area contributed by atoms with Gasteiger partial charge in [-0.2, -0.15) is 0 Å². The lowest BCUT2D eigenvalue weighted by Crippen LogP contribution is -2.36. The van der Waals surface area contributed by atoms with Gasteiger partial charge in [0.05, 0.1) is 29.7 Å². The van der Waals surface area contributed by atoms with E-state index in [1.807, 2.05) is 0 Å². The first-order chi connectivity index (χ1) is 11.0. The minimum atomic E-state index is -0.941. The van der Waals surface area contributed by atoms with E-state index in [0.29, 0.717) is 18.5 Å². The summed E-state index contributed by atoms with van der Waals surface area (Å²) in [5.74, 6) is -3.05. The van der Waals surface area contributed by atoms with E-state index >= 15 is 0 Å². The first-order valence-corrected chi connectivity index (χ1v) is 7.84. The fourth-order valence-electron chi connectivity index (χ4n) is 2.94. The highest BCUT2D eigenvalue weighted by atomic mass is 16.5. The van der Waals surface area contributed by atoms with Crippen molar-refractivity contribution in [1.29, 1.82) is 0 Å². The molecule has 6 heteroatoms. The normalized spacial score (nSPS) is 20.6. The monoisotopic (exact) mass is 319 g/mol. The number of carbonyl (C=O) groups is 3. The highest BCUT2D eigenvalue weighted by Gasteiger charge is 2.36. The van der Waals surface area contributed by atoms with E-state index in [0.717, 1.165) is 12.8 Å². The molecule has 1 aromatic carbocycles. The molecule has 2 rings (SSSR count). The lowest BCUT2D eigenvalue weighted by atomic mass is 9.78. The van der Waals surface area contributed by atoms with Crippen molar-refractivity contribution < 1.29 is 24.2 Å². The average molecular weight is 319 g/mol. The Morgan fingerprint density at radius 1 is 1.17 bits per heavy atom. The van der Waals surface area contributed by atoms with E-state index in [-0.39, 0.29) is 18.1 Å². The minimum absolute atomic E-state index is 0.241. The molecule has 1 aliphatic rings.